The number of benzene rings is 2. The number of anilines is 1. The van der Waals surface area contributed by atoms with Crippen LogP contribution in [0, 0.1) is 10.1 Å². The number of nitrogens with zero attached hydrogens (tertiary/aromatic N) is 4. The average Bonchev–Trinajstić information content (AvgIpc) is 3.18. The van der Waals surface area contributed by atoms with Crippen molar-refractivity contribution in [3.05, 3.63) is 52.1 Å². The van der Waals surface area contributed by atoms with E-state index in [1.54, 1.807) is 32.4 Å². The molecule has 0 aliphatic rings. The molecule has 3 aromatic rings. The van der Waals surface area contributed by atoms with Gasteiger partial charge in [-0.25, -0.2) is 4.98 Å². The van der Waals surface area contributed by atoms with Crippen LogP contribution in [0.15, 0.2) is 36.4 Å². The van der Waals surface area contributed by atoms with Gasteiger partial charge >= 0.3 is 0 Å². The number of hydrogen-bond acceptors (Lipinski definition) is 8. The van der Waals surface area contributed by atoms with E-state index in [1.165, 1.54) is 34.4 Å². The third-order valence-electron chi connectivity index (χ3n) is 4.45. The molecule has 2 aromatic carbocycles. The maximum atomic E-state index is 13.3. The predicted octanol–water partition coefficient (Wildman–Crippen LogP) is 3.43. The minimum absolute atomic E-state index is 0.138. The first-order valence-corrected chi connectivity index (χ1v) is 9.90. The number of hydrogen-bond donors (Lipinski definition) is 0. The fourth-order valence-electron chi connectivity index (χ4n) is 2.88. The lowest BCUT2D eigenvalue weighted by molar-refractivity contribution is -0.384. The lowest BCUT2D eigenvalue weighted by atomic mass is 10.2. The second-order valence-electron chi connectivity index (χ2n) is 6.71. The Morgan fingerprint density at radius 2 is 1.83 bits per heavy atom. The highest BCUT2D eigenvalue weighted by atomic mass is 32.1. The van der Waals surface area contributed by atoms with E-state index in [0.717, 1.165) is 4.70 Å². The fourth-order valence-corrected chi connectivity index (χ4v) is 3.98. The molecule has 0 aliphatic heterocycles. The zero-order chi connectivity index (χ0) is 21.8. The number of likely N-dealkylation sites (N-methyl/N-ethyl adjacent to an activating group) is 1. The van der Waals surface area contributed by atoms with E-state index < -0.39 is 4.92 Å². The molecule has 0 unspecified atom stereocenters. The molecule has 10 heteroatoms. The second-order valence-corrected chi connectivity index (χ2v) is 7.69. The lowest BCUT2D eigenvalue weighted by Crippen LogP contribution is -2.36. The van der Waals surface area contributed by atoms with Crippen molar-refractivity contribution in [1.82, 2.24) is 9.88 Å². The Morgan fingerprint density at radius 1 is 1.13 bits per heavy atom. The SMILES string of the molecule is COc1ccc(OC)c2sc(N(CCN(C)C)C(=O)c3cccc([N+](=O)[O-])c3)nc12. The molecule has 0 saturated heterocycles. The molecule has 0 atom stereocenters. The Bertz CT molecular complexity index is 1040. The van der Waals surface area contributed by atoms with Crippen molar-refractivity contribution in [2.24, 2.45) is 0 Å². The van der Waals surface area contributed by atoms with Gasteiger partial charge in [0.25, 0.3) is 11.6 Å². The number of carbonyl (C=O) groups is 1. The Labute approximate surface area is 177 Å². The van der Waals surface area contributed by atoms with Gasteiger partial charge in [0.1, 0.15) is 21.7 Å². The Balaban J connectivity index is 2.09. The van der Waals surface area contributed by atoms with Gasteiger partial charge in [0.15, 0.2) is 5.13 Å². The normalized spacial score (nSPS) is 11.0. The highest BCUT2D eigenvalue weighted by Gasteiger charge is 2.24. The summed E-state index contributed by atoms with van der Waals surface area (Å²) in [5.41, 5.74) is 0.681. The summed E-state index contributed by atoms with van der Waals surface area (Å²) in [6, 6.07) is 9.24. The molecular formula is C20H22N4O5S. The van der Waals surface area contributed by atoms with Crippen molar-refractivity contribution in [1.29, 1.82) is 0 Å². The number of aromatic nitrogens is 1. The van der Waals surface area contributed by atoms with Crippen molar-refractivity contribution in [3.8, 4) is 11.5 Å². The number of fused-ring (bicyclic) bond motifs is 1. The van der Waals surface area contributed by atoms with Crippen LogP contribution in [0.25, 0.3) is 10.2 Å². The number of nitro groups is 1. The van der Waals surface area contributed by atoms with Crippen molar-refractivity contribution >= 4 is 38.3 Å². The standard InChI is InChI=1S/C20H22N4O5S/c1-22(2)10-11-23(19(25)13-6-5-7-14(12-13)24(26)27)20-21-17-15(28-3)8-9-16(29-4)18(17)30-20/h5-9,12H,10-11H2,1-4H3. The summed E-state index contributed by atoms with van der Waals surface area (Å²) in [4.78, 5) is 32.0. The van der Waals surface area contributed by atoms with E-state index in [-0.39, 0.29) is 17.2 Å². The van der Waals surface area contributed by atoms with Crippen molar-refractivity contribution < 1.29 is 19.2 Å². The van der Waals surface area contributed by atoms with Gasteiger partial charge in [0, 0.05) is 30.8 Å². The molecule has 0 N–H and O–H groups in total. The van der Waals surface area contributed by atoms with Gasteiger partial charge in [-0.05, 0) is 32.3 Å². The number of carbonyl (C=O) groups excluding carboxylic acids is 1. The molecule has 0 saturated carbocycles. The molecule has 0 radical (unpaired) electrons. The molecule has 9 nitrogen and oxygen atoms in total. The van der Waals surface area contributed by atoms with Gasteiger partial charge in [-0.15, -0.1) is 0 Å². The van der Waals surface area contributed by atoms with Crippen LogP contribution in [0.2, 0.25) is 0 Å². The number of rotatable bonds is 8. The van der Waals surface area contributed by atoms with Crippen molar-refractivity contribution in [3.63, 3.8) is 0 Å². The molecular weight excluding hydrogens is 408 g/mol. The monoisotopic (exact) mass is 430 g/mol. The van der Waals surface area contributed by atoms with Gasteiger partial charge in [-0.3, -0.25) is 19.8 Å². The van der Waals surface area contributed by atoms with Crippen LogP contribution in [0.3, 0.4) is 0 Å². The molecule has 0 spiro atoms. The van der Waals surface area contributed by atoms with E-state index in [2.05, 4.69) is 4.98 Å². The third-order valence-corrected chi connectivity index (χ3v) is 5.54. The quantitative estimate of drug-likeness (QED) is 0.399. The largest absolute Gasteiger partial charge is 0.495 e. The molecule has 158 valence electrons. The molecule has 3 rings (SSSR count). The Hall–Kier alpha value is -3.24. The Morgan fingerprint density at radius 3 is 2.47 bits per heavy atom. The Kier molecular flexibility index (Phi) is 6.48. The van der Waals surface area contributed by atoms with E-state index in [9.17, 15) is 14.9 Å². The van der Waals surface area contributed by atoms with Crippen LogP contribution in [0.5, 0.6) is 11.5 Å². The van der Waals surface area contributed by atoms with Crippen molar-refractivity contribution in [2.75, 3.05) is 46.3 Å². The first-order chi connectivity index (χ1) is 14.3. The number of methoxy groups -OCH3 is 2. The molecule has 0 fully saturated rings. The summed E-state index contributed by atoms with van der Waals surface area (Å²) in [5.74, 6) is 0.839. The molecule has 1 aromatic heterocycles. The van der Waals surface area contributed by atoms with Gasteiger partial charge < -0.3 is 14.4 Å². The van der Waals surface area contributed by atoms with Crippen LogP contribution in [0.1, 0.15) is 10.4 Å². The zero-order valence-electron chi connectivity index (χ0n) is 17.1. The lowest BCUT2D eigenvalue weighted by Gasteiger charge is -2.22. The zero-order valence-corrected chi connectivity index (χ0v) is 17.9. The van der Waals surface area contributed by atoms with Crippen LogP contribution in [-0.4, -0.2) is 62.1 Å². The first kappa shape index (κ1) is 21.5. The summed E-state index contributed by atoms with van der Waals surface area (Å²) in [6.45, 7) is 0.948. The molecule has 0 aliphatic carbocycles. The van der Waals surface area contributed by atoms with Gasteiger partial charge in [-0.2, -0.15) is 0 Å². The topological polar surface area (TPSA) is 98.0 Å². The van der Waals surface area contributed by atoms with E-state index >= 15 is 0 Å². The maximum Gasteiger partial charge on any atom is 0.270 e. The van der Waals surface area contributed by atoms with Crippen LogP contribution in [-0.2, 0) is 0 Å². The van der Waals surface area contributed by atoms with Crippen LogP contribution >= 0.6 is 11.3 Å². The number of amides is 1. The van der Waals surface area contributed by atoms with E-state index in [4.69, 9.17) is 9.47 Å². The van der Waals surface area contributed by atoms with Gasteiger partial charge in [0.05, 0.1) is 19.1 Å². The minimum atomic E-state index is -0.519. The summed E-state index contributed by atoms with van der Waals surface area (Å²) >= 11 is 1.31. The molecule has 30 heavy (non-hydrogen) atoms. The summed E-state index contributed by atoms with van der Waals surface area (Å²) < 4.78 is 11.6. The highest BCUT2D eigenvalue weighted by molar-refractivity contribution is 7.22. The number of non-ortho nitro benzene ring substituents is 1. The predicted molar refractivity (Wildman–Crippen MR) is 116 cm³/mol. The van der Waals surface area contributed by atoms with E-state index in [1.807, 2.05) is 19.0 Å². The van der Waals surface area contributed by atoms with Gasteiger partial charge in [0.2, 0.25) is 0 Å². The van der Waals surface area contributed by atoms with Crippen LogP contribution < -0.4 is 14.4 Å². The van der Waals surface area contributed by atoms with E-state index in [0.29, 0.717) is 35.2 Å². The maximum absolute atomic E-state index is 13.3. The van der Waals surface area contributed by atoms with Gasteiger partial charge in [-0.1, -0.05) is 17.4 Å². The second kappa shape index (κ2) is 9.06. The smallest absolute Gasteiger partial charge is 0.270 e. The minimum Gasteiger partial charge on any atom is -0.495 e. The number of thiazole rings is 1. The average molecular weight is 430 g/mol. The third kappa shape index (κ3) is 4.34. The van der Waals surface area contributed by atoms with Crippen molar-refractivity contribution in [2.45, 2.75) is 0 Å². The summed E-state index contributed by atoms with van der Waals surface area (Å²) in [7, 11) is 6.93. The van der Waals surface area contributed by atoms with Crippen LogP contribution in [0.4, 0.5) is 10.8 Å². The fraction of sp³-hybridized carbons (Fsp3) is 0.300. The molecule has 1 heterocycles. The molecule has 1 amide bonds. The summed E-state index contributed by atoms with van der Waals surface area (Å²) in [5, 5.41) is 11.6. The number of nitro benzene ring substituents is 1. The highest BCUT2D eigenvalue weighted by Crippen LogP contribution is 2.40. The molecule has 0 bridgehead atoms. The summed E-state index contributed by atoms with van der Waals surface area (Å²) in [6.07, 6.45) is 0. The first-order valence-electron chi connectivity index (χ1n) is 9.08. The number of ether oxygens (including phenoxy) is 2.